The van der Waals surface area contributed by atoms with Crippen LogP contribution in [0.2, 0.25) is 0 Å². The highest BCUT2D eigenvalue weighted by atomic mass is 15.1. The Labute approximate surface area is 271 Å². The third kappa shape index (κ3) is 4.85. The molecule has 0 radical (unpaired) electrons. The molecule has 4 aromatic heterocycles. The van der Waals surface area contributed by atoms with Crippen LogP contribution in [0.3, 0.4) is 0 Å². The smallest absolute Gasteiger partial charge is 0.237 e. The van der Waals surface area contributed by atoms with E-state index in [4.69, 9.17) is 0 Å². The van der Waals surface area contributed by atoms with E-state index < -0.39 is 0 Å². The number of rotatable bonds is 3. The Morgan fingerprint density at radius 1 is 0.522 bits per heavy atom. The average molecular weight is 603 g/mol. The van der Waals surface area contributed by atoms with Gasteiger partial charge in [-0.3, -0.25) is 0 Å². The van der Waals surface area contributed by atoms with Crippen LogP contribution < -0.4 is 9.13 Å². The third-order valence-corrected chi connectivity index (χ3v) is 9.32. The molecule has 0 saturated heterocycles. The Morgan fingerprint density at radius 3 is 1.59 bits per heavy atom. The number of pyridine rings is 2. The van der Waals surface area contributed by atoms with Gasteiger partial charge in [-0.05, 0) is 97.5 Å². The Hall–Kier alpha value is -5.22. The summed E-state index contributed by atoms with van der Waals surface area (Å²) in [5.74, 6) is 2.91. The van der Waals surface area contributed by atoms with Crippen molar-refractivity contribution in [2.75, 3.05) is 0 Å². The van der Waals surface area contributed by atoms with Gasteiger partial charge in [0, 0.05) is 33.7 Å². The lowest BCUT2D eigenvalue weighted by Crippen LogP contribution is -2.33. The van der Waals surface area contributed by atoms with Crippen LogP contribution in [0.5, 0.6) is 0 Å². The lowest BCUT2D eigenvalue weighted by Gasteiger charge is -2.09. The van der Waals surface area contributed by atoms with Crippen LogP contribution in [0.25, 0.3) is 55.2 Å². The van der Waals surface area contributed by atoms with Crippen molar-refractivity contribution in [1.82, 2.24) is 9.13 Å². The summed E-state index contributed by atoms with van der Waals surface area (Å²) in [5, 5.41) is 5.25. The zero-order valence-electron chi connectivity index (χ0n) is 27.9. The fourth-order valence-corrected chi connectivity index (χ4v) is 6.98. The second kappa shape index (κ2) is 11.6. The monoisotopic (exact) mass is 602 g/mol. The molecule has 0 amide bonds. The van der Waals surface area contributed by atoms with Crippen LogP contribution in [0.4, 0.5) is 0 Å². The molecule has 8 rings (SSSR count). The Bertz CT molecular complexity index is 2400. The number of nitrogens with zero attached hydrogens (tertiary/aromatic N) is 4. The molecule has 0 spiro atoms. The van der Waals surface area contributed by atoms with Gasteiger partial charge in [0.1, 0.15) is 22.1 Å². The molecule has 0 fully saturated rings. The van der Waals surface area contributed by atoms with E-state index in [-0.39, 0.29) is 0 Å². The standard InChI is InChI=1S/C22H23N2.C20H19N2/c1-15(2)17-12-13-23(4)21(14-17)24-20-11-6-5-9-18(20)19-10-7-8-16(3)22(19)24;1-14-11-12-19(21(3)13-14)22-18-10-5-4-8-16(18)17-9-6-7-15(2)20(17)22/h5-15H,1-4H3;4-13H,1-3H3/q2*+1. The van der Waals surface area contributed by atoms with Crippen LogP contribution in [0.1, 0.15) is 42.0 Å². The Kier molecular flexibility index (Phi) is 7.44. The maximum atomic E-state index is 2.41. The normalized spacial score (nSPS) is 11.6. The molecule has 4 heterocycles. The number of benzene rings is 4. The molecule has 228 valence electrons. The van der Waals surface area contributed by atoms with Gasteiger partial charge in [-0.15, -0.1) is 0 Å². The van der Waals surface area contributed by atoms with Crippen LogP contribution >= 0.6 is 0 Å². The second-order valence-electron chi connectivity index (χ2n) is 12.9. The lowest BCUT2D eigenvalue weighted by atomic mass is 10.0. The number of aromatic nitrogens is 4. The van der Waals surface area contributed by atoms with Crippen molar-refractivity contribution in [2.45, 2.75) is 40.5 Å². The highest BCUT2D eigenvalue weighted by molar-refractivity contribution is 6.11. The highest BCUT2D eigenvalue weighted by Gasteiger charge is 2.23. The minimum absolute atomic E-state index is 0.513. The predicted molar refractivity (Wildman–Crippen MR) is 192 cm³/mol. The number of para-hydroxylation sites is 4. The molecule has 0 aliphatic heterocycles. The van der Waals surface area contributed by atoms with E-state index in [1.807, 2.05) is 0 Å². The van der Waals surface area contributed by atoms with Crippen molar-refractivity contribution in [3.63, 3.8) is 0 Å². The first-order valence-corrected chi connectivity index (χ1v) is 16.2. The molecular formula is C42H42N4+2. The highest BCUT2D eigenvalue weighted by Crippen LogP contribution is 2.34. The fraction of sp³-hybridized carbons (Fsp3) is 0.190. The van der Waals surface area contributed by atoms with Gasteiger partial charge in [0.05, 0.1) is 26.5 Å². The van der Waals surface area contributed by atoms with Crippen LogP contribution in [-0.2, 0) is 14.1 Å². The van der Waals surface area contributed by atoms with E-state index in [2.05, 4.69) is 189 Å². The molecule has 0 saturated carbocycles. The van der Waals surface area contributed by atoms with Gasteiger partial charge in [0.15, 0.2) is 0 Å². The Morgan fingerprint density at radius 2 is 1.04 bits per heavy atom. The molecule has 0 bridgehead atoms. The lowest BCUT2D eigenvalue weighted by molar-refractivity contribution is -0.665. The van der Waals surface area contributed by atoms with E-state index in [1.165, 1.54) is 77.5 Å². The summed E-state index contributed by atoms with van der Waals surface area (Å²) < 4.78 is 9.20. The predicted octanol–water partition coefficient (Wildman–Crippen LogP) is 9.27. The molecule has 0 N–H and O–H groups in total. The largest absolute Gasteiger partial charge is 0.286 e. The van der Waals surface area contributed by atoms with Crippen molar-refractivity contribution in [1.29, 1.82) is 0 Å². The average Bonchev–Trinajstić information content (AvgIpc) is 3.57. The van der Waals surface area contributed by atoms with Crippen LogP contribution in [-0.4, -0.2) is 9.13 Å². The van der Waals surface area contributed by atoms with Crippen molar-refractivity contribution in [3.8, 4) is 11.6 Å². The SMILES string of the molecule is Cc1ccc(-n2c3ccccc3c3cccc(C)c32)[n+](C)c1.Cc1cccc2c3ccccc3n(-c3cc(C(C)C)cc[n+]3C)c12. The number of aryl methyl sites for hydroxylation is 5. The first-order chi connectivity index (χ1) is 22.2. The molecule has 0 aliphatic carbocycles. The minimum Gasteiger partial charge on any atom is -0.237 e. The Balaban J connectivity index is 0.000000147. The van der Waals surface area contributed by atoms with Crippen molar-refractivity contribution >= 4 is 43.6 Å². The molecule has 0 unspecified atom stereocenters. The van der Waals surface area contributed by atoms with E-state index in [0.29, 0.717) is 5.92 Å². The topological polar surface area (TPSA) is 17.6 Å². The first-order valence-electron chi connectivity index (χ1n) is 16.2. The van der Waals surface area contributed by atoms with Crippen LogP contribution in [0.15, 0.2) is 122 Å². The summed E-state index contributed by atoms with van der Waals surface area (Å²) in [4.78, 5) is 0. The van der Waals surface area contributed by atoms with E-state index in [1.54, 1.807) is 0 Å². The maximum Gasteiger partial charge on any atom is 0.286 e. The van der Waals surface area contributed by atoms with Gasteiger partial charge in [0.25, 0.3) is 11.6 Å². The maximum absolute atomic E-state index is 2.41. The molecule has 4 aromatic carbocycles. The van der Waals surface area contributed by atoms with Gasteiger partial charge < -0.3 is 0 Å². The molecule has 4 heteroatoms. The number of fused-ring (bicyclic) bond motifs is 6. The molecule has 8 aromatic rings. The van der Waals surface area contributed by atoms with Gasteiger partial charge in [-0.1, -0.05) is 62.4 Å². The van der Waals surface area contributed by atoms with Crippen molar-refractivity contribution < 1.29 is 9.13 Å². The summed E-state index contributed by atoms with van der Waals surface area (Å²) in [6.07, 6.45) is 4.34. The van der Waals surface area contributed by atoms with E-state index in [9.17, 15) is 0 Å². The summed E-state index contributed by atoms with van der Waals surface area (Å²) in [6.45, 7) is 11.0. The summed E-state index contributed by atoms with van der Waals surface area (Å²) in [6, 6.07) is 39.4. The summed E-state index contributed by atoms with van der Waals surface area (Å²) in [7, 11) is 4.24. The molecular weight excluding hydrogens is 560 g/mol. The summed E-state index contributed by atoms with van der Waals surface area (Å²) >= 11 is 0. The zero-order chi connectivity index (χ0) is 32.1. The third-order valence-electron chi connectivity index (χ3n) is 9.32. The number of hydrogen-bond acceptors (Lipinski definition) is 0. The van der Waals surface area contributed by atoms with Crippen molar-refractivity contribution in [3.05, 3.63) is 144 Å². The van der Waals surface area contributed by atoms with Crippen LogP contribution in [0, 0.1) is 20.8 Å². The molecule has 0 aliphatic rings. The van der Waals surface area contributed by atoms with E-state index in [0.717, 1.165) is 0 Å². The van der Waals surface area contributed by atoms with E-state index >= 15 is 0 Å². The minimum atomic E-state index is 0.513. The zero-order valence-corrected chi connectivity index (χ0v) is 27.9. The fourth-order valence-electron chi connectivity index (χ4n) is 6.98. The van der Waals surface area contributed by atoms with Gasteiger partial charge in [0.2, 0.25) is 0 Å². The first kappa shape index (κ1) is 29.5. The molecule has 46 heavy (non-hydrogen) atoms. The molecule has 4 nitrogen and oxygen atoms in total. The molecule has 0 atom stereocenters. The quantitative estimate of drug-likeness (QED) is 0.179. The van der Waals surface area contributed by atoms with Gasteiger partial charge >= 0.3 is 0 Å². The second-order valence-corrected chi connectivity index (χ2v) is 12.9. The van der Waals surface area contributed by atoms with Crippen molar-refractivity contribution in [2.24, 2.45) is 14.1 Å². The van der Waals surface area contributed by atoms with Gasteiger partial charge in [-0.25, -0.2) is 9.13 Å². The number of hydrogen-bond donors (Lipinski definition) is 0. The summed E-state index contributed by atoms with van der Waals surface area (Å²) in [5.41, 5.74) is 10.3. The van der Waals surface area contributed by atoms with Gasteiger partial charge in [-0.2, -0.15) is 9.13 Å².